The second-order valence-electron chi connectivity index (χ2n) is 5.26. The summed E-state index contributed by atoms with van der Waals surface area (Å²) in [5.41, 5.74) is 1.86. The minimum atomic E-state index is 0.0976. The summed E-state index contributed by atoms with van der Waals surface area (Å²) in [6.45, 7) is 1.68. The van der Waals surface area contributed by atoms with E-state index in [-0.39, 0.29) is 11.8 Å². The molecular weight excluding hydrogens is 248 g/mol. The molecule has 3 heteroatoms. The number of hydrogen-bond acceptors (Lipinski definition) is 2. The molecule has 3 rings (SSSR count). The van der Waals surface area contributed by atoms with Crippen molar-refractivity contribution in [3.8, 4) is 0 Å². The van der Waals surface area contributed by atoms with Crippen LogP contribution in [0.25, 0.3) is 0 Å². The normalized spacial score (nSPS) is 15.7. The maximum absolute atomic E-state index is 12.8. The number of carbonyl (C=O) groups excluding carboxylic acids is 1. The average Bonchev–Trinajstić information content (AvgIpc) is 2.46. The first-order chi connectivity index (χ1) is 9.75. The van der Waals surface area contributed by atoms with Crippen molar-refractivity contribution in [2.45, 2.75) is 0 Å². The van der Waals surface area contributed by atoms with Gasteiger partial charge in [-0.3, -0.25) is 9.69 Å². The molecule has 2 aromatic rings. The van der Waals surface area contributed by atoms with Crippen molar-refractivity contribution in [3.05, 3.63) is 60.7 Å². The minimum Gasteiger partial charge on any atom is -0.305 e. The van der Waals surface area contributed by atoms with Gasteiger partial charge in [0.05, 0.1) is 5.92 Å². The molecule has 0 unspecified atom stereocenters. The predicted molar refractivity (Wildman–Crippen MR) is 81.0 cm³/mol. The molecule has 1 heterocycles. The Kier molecular flexibility index (Phi) is 3.52. The third-order valence-corrected chi connectivity index (χ3v) is 3.66. The Labute approximate surface area is 119 Å². The molecule has 0 aliphatic carbocycles. The van der Waals surface area contributed by atoms with Crippen LogP contribution in [0.2, 0.25) is 0 Å². The highest BCUT2D eigenvalue weighted by atomic mass is 16.2. The lowest BCUT2D eigenvalue weighted by atomic mass is 9.98. The van der Waals surface area contributed by atoms with E-state index in [1.54, 1.807) is 0 Å². The van der Waals surface area contributed by atoms with E-state index < -0.39 is 0 Å². The number of amides is 1. The van der Waals surface area contributed by atoms with Gasteiger partial charge in [0, 0.05) is 24.5 Å². The topological polar surface area (TPSA) is 23.6 Å². The number of rotatable bonds is 3. The van der Waals surface area contributed by atoms with Gasteiger partial charge in [-0.25, -0.2) is 0 Å². The molecule has 1 aliphatic rings. The summed E-state index contributed by atoms with van der Waals surface area (Å²) in [5, 5.41) is 0. The predicted octanol–water partition coefficient (Wildman–Crippen LogP) is 2.91. The van der Waals surface area contributed by atoms with Crippen LogP contribution in [0.1, 0.15) is 0 Å². The van der Waals surface area contributed by atoms with Crippen molar-refractivity contribution >= 4 is 17.3 Å². The van der Waals surface area contributed by atoms with Gasteiger partial charge in [-0.05, 0) is 31.3 Å². The molecule has 1 fully saturated rings. The first-order valence-electron chi connectivity index (χ1n) is 6.88. The number of likely N-dealkylation sites (tertiary alicyclic amines) is 1. The van der Waals surface area contributed by atoms with Crippen molar-refractivity contribution in [1.82, 2.24) is 4.90 Å². The lowest BCUT2D eigenvalue weighted by Gasteiger charge is -2.38. The third-order valence-electron chi connectivity index (χ3n) is 3.66. The Morgan fingerprint density at radius 2 is 1.40 bits per heavy atom. The van der Waals surface area contributed by atoms with Crippen LogP contribution in [0.4, 0.5) is 11.4 Å². The molecule has 0 radical (unpaired) electrons. The largest absolute Gasteiger partial charge is 0.305 e. The quantitative estimate of drug-likeness (QED) is 0.853. The van der Waals surface area contributed by atoms with Crippen LogP contribution in [-0.4, -0.2) is 30.9 Å². The average molecular weight is 266 g/mol. The molecule has 1 amide bonds. The van der Waals surface area contributed by atoms with E-state index in [4.69, 9.17) is 0 Å². The second-order valence-corrected chi connectivity index (χ2v) is 5.26. The van der Waals surface area contributed by atoms with E-state index in [1.807, 2.05) is 72.6 Å². The molecule has 20 heavy (non-hydrogen) atoms. The molecule has 2 aromatic carbocycles. The van der Waals surface area contributed by atoms with Crippen LogP contribution in [0.15, 0.2) is 60.7 Å². The maximum Gasteiger partial charge on any atom is 0.237 e. The van der Waals surface area contributed by atoms with E-state index in [0.717, 1.165) is 24.5 Å². The Morgan fingerprint density at radius 3 is 1.80 bits per heavy atom. The lowest BCUT2D eigenvalue weighted by molar-refractivity contribution is -0.126. The highest BCUT2D eigenvalue weighted by Crippen LogP contribution is 2.29. The molecule has 3 nitrogen and oxygen atoms in total. The first-order valence-corrected chi connectivity index (χ1v) is 6.88. The zero-order chi connectivity index (χ0) is 13.9. The molecule has 1 saturated heterocycles. The van der Waals surface area contributed by atoms with Crippen LogP contribution >= 0.6 is 0 Å². The standard InChI is InChI=1S/C17H18N2O/c1-18-12-14(13-18)17(20)19(15-8-4-2-5-9-15)16-10-6-3-7-11-16/h2-11,14H,12-13H2,1H3. The van der Waals surface area contributed by atoms with E-state index in [0.29, 0.717) is 0 Å². The summed E-state index contributed by atoms with van der Waals surface area (Å²) in [7, 11) is 2.04. The summed E-state index contributed by atoms with van der Waals surface area (Å²) in [4.78, 5) is 16.8. The van der Waals surface area contributed by atoms with E-state index >= 15 is 0 Å². The molecule has 0 spiro atoms. The van der Waals surface area contributed by atoms with Crippen molar-refractivity contribution in [3.63, 3.8) is 0 Å². The minimum absolute atomic E-state index is 0.0976. The fraction of sp³-hybridized carbons (Fsp3) is 0.235. The van der Waals surface area contributed by atoms with Gasteiger partial charge in [-0.15, -0.1) is 0 Å². The van der Waals surface area contributed by atoms with Crippen molar-refractivity contribution in [2.75, 3.05) is 25.0 Å². The van der Waals surface area contributed by atoms with Gasteiger partial charge in [-0.2, -0.15) is 0 Å². The summed E-state index contributed by atoms with van der Waals surface area (Å²) in [5.74, 6) is 0.279. The Balaban J connectivity index is 1.94. The number of hydrogen-bond donors (Lipinski definition) is 0. The third kappa shape index (κ3) is 2.45. The zero-order valence-corrected chi connectivity index (χ0v) is 11.6. The van der Waals surface area contributed by atoms with Gasteiger partial charge in [0.2, 0.25) is 5.91 Å². The number of para-hydroxylation sites is 2. The summed E-state index contributed by atoms with van der Waals surface area (Å²) >= 11 is 0. The number of nitrogens with zero attached hydrogens (tertiary/aromatic N) is 2. The molecular formula is C17H18N2O. The number of carbonyl (C=O) groups is 1. The number of benzene rings is 2. The fourth-order valence-corrected chi connectivity index (χ4v) is 2.60. The fourth-order valence-electron chi connectivity index (χ4n) is 2.60. The van der Waals surface area contributed by atoms with Crippen molar-refractivity contribution in [2.24, 2.45) is 5.92 Å². The zero-order valence-electron chi connectivity index (χ0n) is 11.6. The first kappa shape index (κ1) is 12.9. The summed E-state index contributed by atoms with van der Waals surface area (Å²) < 4.78 is 0. The van der Waals surface area contributed by atoms with E-state index in [2.05, 4.69) is 4.90 Å². The van der Waals surface area contributed by atoms with Gasteiger partial charge in [0.15, 0.2) is 0 Å². The Morgan fingerprint density at radius 1 is 0.950 bits per heavy atom. The molecule has 0 saturated carbocycles. The SMILES string of the molecule is CN1CC(C(=O)N(c2ccccc2)c2ccccc2)C1. The van der Waals surface area contributed by atoms with Gasteiger partial charge in [-0.1, -0.05) is 36.4 Å². The van der Waals surface area contributed by atoms with Gasteiger partial charge >= 0.3 is 0 Å². The molecule has 0 bridgehead atoms. The molecule has 0 N–H and O–H groups in total. The second kappa shape index (κ2) is 5.47. The monoisotopic (exact) mass is 266 g/mol. The van der Waals surface area contributed by atoms with E-state index in [9.17, 15) is 4.79 Å². The number of anilines is 2. The Bertz CT molecular complexity index is 537. The molecule has 0 atom stereocenters. The summed E-state index contributed by atoms with van der Waals surface area (Å²) in [6, 6.07) is 19.7. The van der Waals surface area contributed by atoms with Gasteiger partial charge in [0.1, 0.15) is 0 Å². The van der Waals surface area contributed by atoms with Crippen LogP contribution in [0.3, 0.4) is 0 Å². The van der Waals surface area contributed by atoms with E-state index in [1.165, 1.54) is 0 Å². The smallest absolute Gasteiger partial charge is 0.237 e. The van der Waals surface area contributed by atoms with Crippen molar-refractivity contribution in [1.29, 1.82) is 0 Å². The van der Waals surface area contributed by atoms with Crippen LogP contribution in [0.5, 0.6) is 0 Å². The summed E-state index contributed by atoms with van der Waals surface area (Å²) in [6.07, 6.45) is 0. The highest BCUT2D eigenvalue weighted by molar-refractivity contribution is 6.02. The molecule has 102 valence electrons. The van der Waals surface area contributed by atoms with Crippen LogP contribution < -0.4 is 4.90 Å². The Hall–Kier alpha value is -2.13. The molecule has 0 aromatic heterocycles. The maximum atomic E-state index is 12.8. The van der Waals surface area contributed by atoms with Crippen LogP contribution in [0, 0.1) is 5.92 Å². The van der Waals surface area contributed by atoms with Crippen molar-refractivity contribution < 1.29 is 4.79 Å². The van der Waals surface area contributed by atoms with Gasteiger partial charge in [0.25, 0.3) is 0 Å². The highest BCUT2D eigenvalue weighted by Gasteiger charge is 2.34. The lowest BCUT2D eigenvalue weighted by Crippen LogP contribution is -2.51. The molecule has 1 aliphatic heterocycles. The van der Waals surface area contributed by atoms with Crippen LogP contribution in [-0.2, 0) is 4.79 Å². The van der Waals surface area contributed by atoms with Gasteiger partial charge < -0.3 is 4.90 Å².